The number of carbonyl (C=O) groups is 1. The first-order valence-corrected chi connectivity index (χ1v) is 25.4. The Morgan fingerprint density at radius 3 is 1.56 bits per heavy atom. The molecule has 0 bridgehead atoms. The van der Waals surface area contributed by atoms with Gasteiger partial charge < -0.3 is 64.2 Å². The van der Waals surface area contributed by atoms with Crippen molar-refractivity contribution in [1.29, 1.82) is 0 Å². The van der Waals surface area contributed by atoms with E-state index in [-0.39, 0.29) is 19.6 Å². The van der Waals surface area contributed by atoms with Crippen LogP contribution in [-0.4, -0.2) is 142 Å². The summed E-state index contributed by atoms with van der Waals surface area (Å²) in [7, 11) is 0. The molecule has 0 aromatic carbocycles. The molecule has 14 heteroatoms. The quantitative estimate of drug-likeness (QED) is 0.0183. The van der Waals surface area contributed by atoms with Crippen molar-refractivity contribution in [2.75, 3.05) is 33.0 Å². The largest absolute Gasteiger partial charge is 0.457 e. The normalized spacial score (nSPS) is 26.8. The highest BCUT2D eigenvalue weighted by molar-refractivity contribution is 5.69. The van der Waals surface area contributed by atoms with Gasteiger partial charge in [0, 0.05) is 13.0 Å². The number of aliphatic hydroxyl groups excluding tert-OH is 7. The van der Waals surface area contributed by atoms with E-state index >= 15 is 0 Å². The van der Waals surface area contributed by atoms with E-state index in [4.69, 9.17) is 28.4 Å². The summed E-state index contributed by atoms with van der Waals surface area (Å²) in [4.78, 5) is 13.0. The summed E-state index contributed by atoms with van der Waals surface area (Å²) in [5.74, 6) is -0.395. The van der Waals surface area contributed by atoms with Crippen LogP contribution in [-0.2, 0) is 33.2 Å². The molecule has 2 saturated heterocycles. The van der Waals surface area contributed by atoms with Crippen molar-refractivity contribution in [2.24, 2.45) is 0 Å². The van der Waals surface area contributed by atoms with E-state index < -0.39 is 86.7 Å². The molecule has 0 amide bonds. The second-order valence-electron chi connectivity index (χ2n) is 17.6. The predicted octanol–water partition coefficient (Wildman–Crippen LogP) is 7.35. The first kappa shape index (κ1) is 59.8. The maximum Gasteiger partial charge on any atom is 0.306 e. The molecule has 14 nitrogen and oxygen atoms in total. The Kier molecular flexibility index (Phi) is 35.8. The third-order valence-corrected chi connectivity index (χ3v) is 11.8. The van der Waals surface area contributed by atoms with Gasteiger partial charge in [-0.15, -0.1) is 0 Å². The molecule has 0 radical (unpaired) electrons. The molecule has 2 fully saturated rings. The zero-order valence-electron chi connectivity index (χ0n) is 40.4. The third-order valence-electron chi connectivity index (χ3n) is 11.8. The van der Waals surface area contributed by atoms with Gasteiger partial charge in [-0.25, -0.2) is 0 Å². The van der Waals surface area contributed by atoms with Crippen LogP contribution >= 0.6 is 0 Å². The minimum atomic E-state index is -1.71. The summed E-state index contributed by atoms with van der Waals surface area (Å²) in [5, 5.41) is 72.1. The summed E-state index contributed by atoms with van der Waals surface area (Å²) in [6, 6.07) is 0. The van der Waals surface area contributed by atoms with E-state index in [2.05, 4.69) is 74.6 Å². The number of carbonyl (C=O) groups excluding carboxylic acids is 1. The van der Waals surface area contributed by atoms with Crippen LogP contribution in [0.25, 0.3) is 0 Å². The van der Waals surface area contributed by atoms with Crippen LogP contribution in [0.2, 0.25) is 0 Å². The fraction of sp³-hybridized carbons (Fsp3) is 0.788. The van der Waals surface area contributed by atoms with Gasteiger partial charge in [-0.05, 0) is 77.0 Å². The van der Waals surface area contributed by atoms with Gasteiger partial charge in [0.05, 0.1) is 26.4 Å². The van der Waals surface area contributed by atoms with Crippen molar-refractivity contribution in [3.05, 3.63) is 60.8 Å². The number of unbranched alkanes of at least 4 members (excludes halogenated alkanes) is 15. The predicted molar refractivity (Wildman–Crippen MR) is 256 cm³/mol. The molecule has 0 aromatic heterocycles. The van der Waals surface area contributed by atoms with Crippen LogP contribution in [0.5, 0.6) is 0 Å². The van der Waals surface area contributed by atoms with Crippen molar-refractivity contribution in [3.8, 4) is 0 Å². The van der Waals surface area contributed by atoms with E-state index in [9.17, 15) is 40.5 Å². The van der Waals surface area contributed by atoms with E-state index in [0.29, 0.717) is 13.0 Å². The van der Waals surface area contributed by atoms with Gasteiger partial charge in [0.25, 0.3) is 0 Å². The van der Waals surface area contributed by atoms with Gasteiger partial charge in [-0.3, -0.25) is 4.79 Å². The summed E-state index contributed by atoms with van der Waals surface area (Å²) in [6.45, 7) is 3.50. The van der Waals surface area contributed by atoms with Gasteiger partial charge in [0.15, 0.2) is 12.6 Å². The average Bonchev–Trinajstić information content (AvgIpc) is 3.31. The minimum Gasteiger partial charge on any atom is -0.457 e. The summed E-state index contributed by atoms with van der Waals surface area (Å²) < 4.78 is 34.2. The molecule has 2 heterocycles. The molecule has 0 aliphatic carbocycles. The van der Waals surface area contributed by atoms with E-state index in [1.165, 1.54) is 44.9 Å². The number of aliphatic hydroxyl groups is 7. The molecule has 11 atom stereocenters. The molecule has 66 heavy (non-hydrogen) atoms. The zero-order valence-corrected chi connectivity index (χ0v) is 40.4. The molecular weight excluding hydrogens is 849 g/mol. The number of allylic oxidation sites excluding steroid dienone is 10. The Hall–Kier alpha value is -2.31. The van der Waals surface area contributed by atoms with Crippen molar-refractivity contribution in [3.63, 3.8) is 0 Å². The lowest BCUT2D eigenvalue weighted by molar-refractivity contribution is -0.332. The number of rotatable bonds is 39. The highest BCUT2D eigenvalue weighted by Gasteiger charge is 2.47. The minimum absolute atomic E-state index is 0.0489. The van der Waals surface area contributed by atoms with E-state index in [1.54, 1.807) is 0 Å². The van der Waals surface area contributed by atoms with E-state index in [1.807, 2.05) is 0 Å². The average molecular weight is 939 g/mol. The van der Waals surface area contributed by atoms with Crippen LogP contribution in [0.15, 0.2) is 60.8 Å². The summed E-state index contributed by atoms with van der Waals surface area (Å²) in [5.41, 5.74) is 0. The van der Waals surface area contributed by atoms with Gasteiger partial charge in [0.1, 0.15) is 54.9 Å². The molecule has 2 rings (SSSR count). The first-order chi connectivity index (χ1) is 32.1. The molecule has 2 aliphatic heterocycles. The van der Waals surface area contributed by atoms with Crippen molar-refractivity contribution >= 4 is 5.97 Å². The molecule has 0 aromatic rings. The Bertz CT molecular complexity index is 1320. The van der Waals surface area contributed by atoms with Crippen LogP contribution in [0.1, 0.15) is 162 Å². The van der Waals surface area contributed by atoms with Gasteiger partial charge in [-0.1, -0.05) is 139 Å². The van der Waals surface area contributed by atoms with Crippen LogP contribution in [0.3, 0.4) is 0 Å². The number of ether oxygens (including phenoxy) is 6. The van der Waals surface area contributed by atoms with Crippen molar-refractivity contribution in [2.45, 2.75) is 229 Å². The topological polar surface area (TPSA) is 214 Å². The Balaban J connectivity index is 1.78. The van der Waals surface area contributed by atoms with Crippen molar-refractivity contribution < 1.29 is 69.0 Å². The Labute approximate surface area is 396 Å². The highest BCUT2D eigenvalue weighted by Crippen LogP contribution is 2.26. The Morgan fingerprint density at radius 1 is 0.515 bits per heavy atom. The van der Waals surface area contributed by atoms with Gasteiger partial charge in [-0.2, -0.15) is 0 Å². The molecule has 2 aliphatic rings. The maximum absolute atomic E-state index is 13.0. The third kappa shape index (κ3) is 27.0. The summed E-state index contributed by atoms with van der Waals surface area (Å²) in [6.07, 6.45) is 29.9. The SMILES string of the molecule is CC/C=C\C/C=C\C/C=C\C/C=C\CCCCCCCCC(=O)OC(COCCCCCCCC/C=C\CCCCC)COC1OC(COC2OC(CO)C(O)C(O)C2O)C(O)C(O)C1O. The van der Waals surface area contributed by atoms with Crippen LogP contribution < -0.4 is 0 Å². The standard InChI is InChI=1S/C52H90O14/c1-3-5-7-9-11-13-15-17-18-19-20-21-22-23-25-27-29-31-33-35-44(54)64-41(38-61-36-34-32-30-28-26-24-16-14-12-10-8-6-4-2)39-62-51-50(60)48(58)46(56)43(66-51)40-63-52-49(59)47(57)45(55)42(37-53)65-52/h5,7,11-14,17-18,20-21,41-43,45-53,55-60H,3-4,6,8-10,15-16,19,22-40H2,1-2H3/b7-5-,13-11-,14-12-,18-17-,21-20-. The second-order valence-corrected chi connectivity index (χ2v) is 17.6. The smallest absolute Gasteiger partial charge is 0.306 e. The fourth-order valence-corrected chi connectivity index (χ4v) is 7.62. The number of hydrogen-bond acceptors (Lipinski definition) is 14. The molecular formula is C52H90O14. The molecule has 0 saturated carbocycles. The number of hydrogen-bond donors (Lipinski definition) is 7. The fourth-order valence-electron chi connectivity index (χ4n) is 7.62. The molecule has 11 unspecified atom stereocenters. The van der Waals surface area contributed by atoms with Crippen molar-refractivity contribution in [1.82, 2.24) is 0 Å². The van der Waals surface area contributed by atoms with Gasteiger partial charge >= 0.3 is 5.97 Å². The monoisotopic (exact) mass is 939 g/mol. The maximum atomic E-state index is 13.0. The van der Waals surface area contributed by atoms with Gasteiger partial charge in [0.2, 0.25) is 0 Å². The first-order valence-electron chi connectivity index (χ1n) is 25.4. The lowest BCUT2D eigenvalue weighted by Gasteiger charge is -2.42. The highest BCUT2D eigenvalue weighted by atomic mass is 16.7. The van der Waals surface area contributed by atoms with E-state index in [0.717, 1.165) is 89.9 Å². The molecule has 7 N–H and O–H groups in total. The lowest BCUT2D eigenvalue weighted by atomic mass is 9.98. The van der Waals surface area contributed by atoms with Crippen LogP contribution in [0.4, 0.5) is 0 Å². The number of esters is 1. The molecule has 0 spiro atoms. The lowest BCUT2D eigenvalue weighted by Crippen LogP contribution is -2.61. The summed E-state index contributed by atoms with van der Waals surface area (Å²) >= 11 is 0. The zero-order chi connectivity index (χ0) is 48.0. The molecule has 382 valence electrons. The Morgan fingerprint density at radius 2 is 0.985 bits per heavy atom. The second kappa shape index (κ2) is 39.5. The van der Waals surface area contributed by atoms with Crippen LogP contribution in [0, 0.1) is 0 Å².